The van der Waals surface area contributed by atoms with Crippen LogP contribution >= 0.6 is 15.9 Å². The van der Waals surface area contributed by atoms with E-state index in [-0.39, 0.29) is 11.8 Å². The van der Waals surface area contributed by atoms with Crippen LogP contribution in [-0.4, -0.2) is 22.4 Å². The molecule has 138 valence electrons. The van der Waals surface area contributed by atoms with Crippen molar-refractivity contribution in [3.63, 3.8) is 0 Å². The Hall–Kier alpha value is -3.13. The van der Waals surface area contributed by atoms with Crippen LogP contribution in [0.5, 0.6) is 5.75 Å². The molecular weight excluding hydrogens is 408 g/mol. The van der Waals surface area contributed by atoms with Gasteiger partial charge in [-0.1, -0.05) is 15.9 Å². The summed E-state index contributed by atoms with van der Waals surface area (Å²) in [6.45, 7) is 2.47. The molecule has 0 fully saturated rings. The van der Waals surface area contributed by atoms with Gasteiger partial charge in [-0.05, 0) is 49.4 Å². The van der Waals surface area contributed by atoms with Gasteiger partial charge in [0.2, 0.25) is 5.95 Å². The highest BCUT2D eigenvalue weighted by molar-refractivity contribution is 9.10. The summed E-state index contributed by atoms with van der Waals surface area (Å²) in [7, 11) is 0. The predicted octanol–water partition coefficient (Wildman–Crippen LogP) is 3.91. The highest BCUT2D eigenvalue weighted by Crippen LogP contribution is 2.33. The SMILES string of the molecule is CCOc1ccc(Br)cc1-c1cc(Nc2ccc(C(=N)N)cc2)nc(N)n1. The lowest BCUT2D eigenvalue weighted by molar-refractivity contribution is 0.341. The quantitative estimate of drug-likeness (QED) is 0.349. The Bertz CT molecular complexity index is 974. The predicted molar refractivity (Wildman–Crippen MR) is 111 cm³/mol. The van der Waals surface area contributed by atoms with Crippen LogP contribution in [0, 0.1) is 5.41 Å². The van der Waals surface area contributed by atoms with E-state index in [9.17, 15) is 0 Å². The zero-order chi connectivity index (χ0) is 19.4. The topological polar surface area (TPSA) is 123 Å². The van der Waals surface area contributed by atoms with Gasteiger partial charge in [-0.3, -0.25) is 5.41 Å². The summed E-state index contributed by atoms with van der Waals surface area (Å²) in [5.74, 6) is 1.44. The molecule has 8 heteroatoms. The van der Waals surface area contributed by atoms with Crippen molar-refractivity contribution in [2.24, 2.45) is 5.73 Å². The Labute approximate surface area is 165 Å². The minimum atomic E-state index is 0.0215. The number of aromatic nitrogens is 2. The first-order valence-corrected chi connectivity index (χ1v) is 9.04. The molecule has 0 atom stereocenters. The van der Waals surface area contributed by atoms with Gasteiger partial charge >= 0.3 is 0 Å². The van der Waals surface area contributed by atoms with E-state index in [1.807, 2.05) is 37.3 Å². The number of benzene rings is 2. The van der Waals surface area contributed by atoms with E-state index in [1.165, 1.54) is 0 Å². The van der Waals surface area contributed by atoms with Gasteiger partial charge < -0.3 is 21.5 Å². The molecule has 3 rings (SSSR count). The molecule has 2 aromatic carbocycles. The van der Waals surface area contributed by atoms with E-state index in [4.69, 9.17) is 21.6 Å². The van der Waals surface area contributed by atoms with Gasteiger partial charge in [0, 0.05) is 27.4 Å². The van der Waals surface area contributed by atoms with E-state index in [2.05, 4.69) is 31.2 Å². The molecule has 7 nitrogen and oxygen atoms in total. The Kier molecular flexibility index (Phi) is 5.56. The van der Waals surface area contributed by atoms with Crippen molar-refractivity contribution in [1.29, 1.82) is 5.41 Å². The summed E-state index contributed by atoms with van der Waals surface area (Å²) in [6.07, 6.45) is 0. The van der Waals surface area contributed by atoms with Gasteiger partial charge in [0.25, 0.3) is 0 Å². The summed E-state index contributed by atoms with van der Waals surface area (Å²) in [6, 6.07) is 14.7. The smallest absolute Gasteiger partial charge is 0.222 e. The fourth-order valence-corrected chi connectivity index (χ4v) is 2.89. The first kappa shape index (κ1) is 18.7. The van der Waals surface area contributed by atoms with Gasteiger partial charge in [0.1, 0.15) is 17.4 Å². The standard InChI is InChI=1S/C19H19BrN6O/c1-2-27-16-8-5-12(20)9-14(16)15-10-17(26-19(23)25-15)24-13-6-3-11(4-7-13)18(21)22/h3-10H,2H2,1H3,(H3,21,22)(H3,23,24,25,26). The van der Waals surface area contributed by atoms with Crippen LogP contribution in [0.2, 0.25) is 0 Å². The summed E-state index contributed by atoms with van der Waals surface area (Å²) >= 11 is 3.48. The Morgan fingerprint density at radius 2 is 1.89 bits per heavy atom. The third-order valence-electron chi connectivity index (χ3n) is 3.73. The zero-order valence-corrected chi connectivity index (χ0v) is 16.2. The fourth-order valence-electron chi connectivity index (χ4n) is 2.53. The molecule has 3 aromatic rings. The number of nitrogens with two attached hydrogens (primary N) is 2. The van der Waals surface area contributed by atoms with Gasteiger partial charge in [-0.2, -0.15) is 4.98 Å². The summed E-state index contributed by atoms with van der Waals surface area (Å²) in [5.41, 5.74) is 14.3. The second-order valence-corrected chi connectivity index (χ2v) is 6.60. The molecule has 0 saturated carbocycles. The molecule has 0 unspecified atom stereocenters. The van der Waals surface area contributed by atoms with Gasteiger partial charge in [0.15, 0.2) is 0 Å². The number of nitrogens with zero attached hydrogens (tertiary/aromatic N) is 2. The monoisotopic (exact) mass is 426 g/mol. The maximum Gasteiger partial charge on any atom is 0.222 e. The van der Waals surface area contributed by atoms with Gasteiger partial charge in [-0.25, -0.2) is 4.98 Å². The molecule has 0 aliphatic carbocycles. The van der Waals surface area contributed by atoms with Crippen LogP contribution in [0.25, 0.3) is 11.3 Å². The summed E-state index contributed by atoms with van der Waals surface area (Å²) in [5, 5.41) is 10.6. The minimum Gasteiger partial charge on any atom is -0.493 e. The molecule has 0 aliphatic heterocycles. The third kappa shape index (κ3) is 4.53. The van der Waals surface area contributed by atoms with Crippen LogP contribution in [-0.2, 0) is 0 Å². The molecule has 27 heavy (non-hydrogen) atoms. The number of nitrogen functional groups attached to an aromatic ring is 2. The van der Waals surface area contributed by atoms with Crippen molar-refractivity contribution in [1.82, 2.24) is 9.97 Å². The zero-order valence-electron chi connectivity index (χ0n) is 14.7. The van der Waals surface area contributed by atoms with Crippen molar-refractivity contribution in [2.75, 3.05) is 17.7 Å². The first-order chi connectivity index (χ1) is 13.0. The van der Waals surface area contributed by atoms with Crippen LogP contribution in [0.1, 0.15) is 12.5 Å². The van der Waals surface area contributed by atoms with Gasteiger partial charge in [0.05, 0.1) is 12.3 Å². The largest absolute Gasteiger partial charge is 0.493 e. The number of anilines is 3. The highest BCUT2D eigenvalue weighted by Gasteiger charge is 2.12. The lowest BCUT2D eigenvalue weighted by atomic mass is 10.1. The maximum atomic E-state index is 7.45. The van der Waals surface area contributed by atoms with Crippen molar-refractivity contribution >= 4 is 39.2 Å². The molecule has 6 N–H and O–H groups in total. The number of halogens is 1. The van der Waals surface area contributed by atoms with E-state index < -0.39 is 0 Å². The number of rotatable bonds is 6. The number of ether oxygens (including phenoxy) is 1. The Balaban J connectivity index is 1.95. The fraction of sp³-hybridized carbons (Fsp3) is 0.105. The summed E-state index contributed by atoms with van der Waals surface area (Å²) < 4.78 is 6.62. The van der Waals surface area contributed by atoms with Crippen molar-refractivity contribution in [2.45, 2.75) is 6.92 Å². The second-order valence-electron chi connectivity index (χ2n) is 5.69. The molecule has 0 amide bonds. The maximum absolute atomic E-state index is 7.45. The Morgan fingerprint density at radius 1 is 1.15 bits per heavy atom. The molecule has 0 radical (unpaired) electrons. The molecule has 0 saturated heterocycles. The van der Waals surface area contributed by atoms with Crippen LogP contribution in [0.3, 0.4) is 0 Å². The number of hydrogen-bond acceptors (Lipinski definition) is 6. The number of amidine groups is 1. The van der Waals surface area contributed by atoms with Crippen LogP contribution in [0.15, 0.2) is 53.0 Å². The Morgan fingerprint density at radius 3 is 2.56 bits per heavy atom. The lowest BCUT2D eigenvalue weighted by Crippen LogP contribution is -2.10. The third-order valence-corrected chi connectivity index (χ3v) is 4.22. The van der Waals surface area contributed by atoms with Crippen molar-refractivity contribution < 1.29 is 4.74 Å². The second kappa shape index (κ2) is 8.05. The lowest BCUT2D eigenvalue weighted by Gasteiger charge is -2.12. The number of nitrogens with one attached hydrogen (secondary N) is 2. The van der Waals surface area contributed by atoms with E-state index in [0.717, 1.165) is 21.5 Å². The minimum absolute atomic E-state index is 0.0215. The van der Waals surface area contributed by atoms with E-state index in [1.54, 1.807) is 18.2 Å². The molecular formula is C19H19BrN6O. The average molecular weight is 427 g/mol. The molecule has 0 aliphatic rings. The molecule has 0 spiro atoms. The van der Waals surface area contributed by atoms with Crippen molar-refractivity contribution in [3.05, 3.63) is 58.6 Å². The normalized spacial score (nSPS) is 10.4. The summed E-state index contributed by atoms with van der Waals surface area (Å²) in [4.78, 5) is 8.59. The van der Waals surface area contributed by atoms with Crippen molar-refractivity contribution in [3.8, 4) is 17.0 Å². The van der Waals surface area contributed by atoms with Crippen LogP contribution < -0.4 is 21.5 Å². The first-order valence-electron chi connectivity index (χ1n) is 8.25. The highest BCUT2D eigenvalue weighted by atomic mass is 79.9. The van der Waals surface area contributed by atoms with E-state index >= 15 is 0 Å². The van der Waals surface area contributed by atoms with E-state index in [0.29, 0.717) is 23.7 Å². The molecule has 1 aromatic heterocycles. The molecule has 0 bridgehead atoms. The average Bonchev–Trinajstić information content (AvgIpc) is 2.63. The van der Waals surface area contributed by atoms with Crippen LogP contribution in [0.4, 0.5) is 17.5 Å². The number of hydrogen-bond donors (Lipinski definition) is 4. The van der Waals surface area contributed by atoms with Gasteiger partial charge in [-0.15, -0.1) is 0 Å². The molecule has 1 heterocycles.